The van der Waals surface area contributed by atoms with Crippen molar-refractivity contribution in [1.29, 1.82) is 0 Å². The Kier molecular flexibility index (Phi) is 5.80. The lowest BCUT2D eigenvalue weighted by Gasteiger charge is -2.38. The predicted molar refractivity (Wildman–Crippen MR) is 91.2 cm³/mol. The summed E-state index contributed by atoms with van der Waals surface area (Å²) in [6, 6.07) is -1.41. The summed E-state index contributed by atoms with van der Waals surface area (Å²) in [6.07, 6.45) is 1.20. The molecule has 0 saturated carbocycles. The van der Waals surface area contributed by atoms with Crippen molar-refractivity contribution in [2.45, 2.75) is 52.1 Å². The van der Waals surface area contributed by atoms with Gasteiger partial charge >= 0.3 is 18.1 Å². The SMILES string of the molecule is CNC(=O)N1CC[C@@H]2C[C@@H](C(=O)O)N(C(=O)OCCC(C)(C)C)[C@H]2C1. The Morgan fingerprint density at radius 3 is 2.52 bits per heavy atom. The number of aliphatic carboxylic acids is 1. The Balaban J connectivity index is 2.09. The molecular formula is C17H29N3O5. The Bertz CT molecular complexity index is 531. The van der Waals surface area contributed by atoms with Crippen molar-refractivity contribution in [3.05, 3.63) is 0 Å². The van der Waals surface area contributed by atoms with Gasteiger partial charge in [-0.3, -0.25) is 4.90 Å². The van der Waals surface area contributed by atoms with Crippen LogP contribution in [0, 0.1) is 11.3 Å². The number of carboxylic acid groups (broad SMARTS) is 1. The van der Waals surface area contributed by atoms with Crippen LogP contribution in [0.4, 0.5) is 9.59 Å². The van der Waals surface area contributed by atoms with Crippen LogP contribution in [0.5, 0.6) is 0 Å². The molecule has 0 aromatic rings. The molecule has 142 valence electrons. The molecule has 2 saturated heterocycles. The number of nitrogens with one attached hydrogen (secondary N) is 1. The number of amides is 3. The van der Waals surface area contributed by atoms with Crippen LogP contribution in [-0.4, -0.2) is 71.8 Å². The minimum atomic E-state index is -1.02. The van der Waals surface area contributed by atoms with Crippen molar-refractivity contribution in [2.24, 2.45) is 11.3 Å². The van der Waals surface area contributed by atoms with Gasteiger partial charge in [-0.15, -0.1) is 0 Å². The summed E-state index contributed by atoms with van der Waals surface area (Å²) in [5, 5.41) is 12.1. The number of nitrogens with zero attached hydrogens (tertiary/aromatic N) is 2. The zero-order chi connectivity index (χ0) is 18.8. The predicted octanol–water partition coefficient (Wildman–Crippen LogP) is 1.75. The van der Waals surface area contributed by atoms with Crippen LogP contribution in [0.15, 0.2) is 0 Å². The lowest BCUT2D eigenvalue weighted by atomic mass is 9.91. The third kappa shape index (κ3) is 4.55. The zero-order valence-electron chi connectivity index (χ0n) is 15.4. The summed E-state index contributed by atoms with van der Waals surface area (Å²) < 4.78 is 5.36. The number of piperidine rings is 1. The molecule has 0 radical (unpaired) electrons. The molecule has 2 aliphatic rings. The third-order valence-electron chi connectivity index (χ3n) is 5.02. The molecule has 25 heavy (non-hydrogen) atoms. The van der Waals surface area contributed by atoms with Crippen LogP contribution in [0.1, 0.15) is 40.0 Å². The van der Waals surface area contributed by atoms with Crippen LogP contribution < -0.4 is 5.32 Å². The van der Waals surface area contributed by atoms with Gasteiger partial charge in [-0.1, -0.05) is 20.8 Å². The fourth-order valence-electron chi connectivity index (χ4n) is 3.55. The van der Waals surface area contributed by atoms with Crippen LogP contribution in [0.2, 0.25) is 0 Å². The second-order valence-electron chi connectivity index (χ2n) is 8.04. The highest BCUT2D eigenvalue weighted by Crippen LogP contribution is 2.36. The van der Waals surface area contributed by atoms with Crippen molar-refractivity contribution < 1.29 is 24.2 Å². The maximum Gasteiger partial charge on any atom is 0.410 e. The second-order valence-corrected chi connectivity index (χ2v) is 8.04. The van der Waals surface area contributed by atoms with E-state index in [1.165, 1.54) is 4.90 Å². The van der Waals surface area contributed by atoms with Gasteiger partial charge < -0.3 is 20.1 Å². The molecule has 8 heteroatoms. The topological polar surface area (TPSA) is 99.2 Å². The molecule has 3 amide bonds. The average molecular weight is 355 g/mol. The first-order valence-electron chi connectivity index (χ1n) is 8.78. The lowest BCUT2D eigenvalue weighted by Crippen LogP contribution is -2.55. The van der Waals surface area contributed by atoms with Gasteiger partial charge in [0.25, 0.3) is 0 Å². The molecule has 8 nitrogen and oxygen atoms in total. The van der Waals surface area contributed by atoms with Crippen LogP contribution >= 0.6 is 0 Å². The number of hydrogen-bond donors (Lipinski definition) is 2. The standard InChI is InChI=1S/C17H29N3O5/c1-17(2,3)6-8-25-16(24)20-12(14(21)22)9-11-5-7-19(10-13(11)20)15(23)18-4/h11-13H,5-10H2,1-4H3,(H,18,23)(H,21,22)/t11-,12+,13+/m1/s1. The van der Waals surface area contributed by atoms with Crippen molar-refractivity contribution in [2.75, 3.05) is 26.7 Å². The van der Waals surface area contributed by atoms with Gasteiger partial charge in [-0.05, 0) is 30.6 Å². The number of hydrogen-bond acceptors (Lipinski definition) is 4. The molecule has 2 fully saturated rings. The minimum Gasteiger partial charge on any atom is -0.480 e. The smallest absolute Gasteiger partial charge is 0.410 e. The summed E-state index contributed by atoms with van der Waals surface area (Å²) >= 11 is 0. The van der Waals surface area contributed by atoms with E-state index in [-0.39, 0.29) is 30.0 Å². The molecular weight excluding hydrogens is 326 g/mol. The first-order chi connectivity index (χ1) is 11.6. The molecule has 0 bridgehead atoms. The monoisotopic (exact) mass is 355 g/mol. The quantitative estimate of drug-likeness (QED) is 0.803. The van der Waals surface area contributed by atoms with E-state index in [1.54, 1.807) is 11.9 Å². The maximum atomic E-state index is 12.6. The van der Waals surface area contributed by atoms with E-state index in [0.29, 0.717) is 32.4 Å². The van der Waals surface area contributed by atoms with Crippen molar-refractivity contribution in [1.82, 2.24) is 15.1 Å². The van der Waals surface area contributed by atoms with Gasteiger partial charge in [0.05, 0.1) is 12.6 Å². The Morgan fingerprint density at radius 1 is 1.28 bits per heavy atom. The summed E-state index contributed by atoms with van der Waals surface area (Å²) in [7, 11) is 1.56. The number of carbonyl (C=O) groups is 3. The number of rotatable bonds is 3. The fourth-order valence-corrected chi connectivity index (χ4v) is 3.55. The molecule has 3 atom stereocenters. The zero-order valence-corrected chi connectivity index (χ0v) is 15.4. The van der Waals surface area contributed by atoms with Crippen molar-refractivity contribution >= 4 is 18.1 Å². The number of urea groups is 1. The molecule has 0 aromatic carbocycles. The summed E-state index contributed by atoms with van der Waals surface area (Å²) in [4.78, 5) is 39.0. The lowest BCUT2D eigenvalue weighted by molar-refractivity contribution is -0.142. The summed E-state index contributed by atoms with van der Waals surface area (Å²) in [6.45, 7) is 7.31. The highest BCUT2D eigenvalue weighted by molar-refractivity contribution is 5.81. The molecule has 0 unspecified atom stereocenters. The number of carbonyl (C=O) groups excluding carboxylic acids is 2. The highest BCUT2D eigenvalue weighted by atomic mass is 16.6. The largest absolute Gasteiger partial charge is 0.480 e. The van der Waals surface area contributed by atoms with Gasteiger partial charge in [0.2, 0.25) is 0 Å². The second kappa shape index (κ2) is 7.49. The molecule has 0 spiro atoms. The van der Waals surface area contributed by atoms with E-state index in [4.69, 9.17) is 4.74 Å². The third-order valence-corrected chi connectivity index (χ3v) is 5.02. The number of likely N-dealkylation sites (tertiary alicyclic amines) is 2. The first-order valence-corrected chi connectivity index (χ1v) is 8.78. The molecule has 2 N–H and O–H groups in total. The fraction of sp³-hybridized carbons (Fsp3) is 0.824. The molecule has 2 heterocycles. The summed E-state index contributed by atoms with van der Waals surface area (Å²) in [5.74, 6) is -0.939. The number of fused-ring (bicyclic) bond motifs is 1. The van der Waals surface area contributed by atoms with Crippen molar-refractivity contribution in [3.8, 4) is 0 Å². The van der Waals surface area contributed by atoms with Crippen LogP contribution in [0.3, 0.4) is 0 Å². The molecule has 0 aliphatic carbocycles. The minimum absolute atomic E-state index is 0.0286. The van der Waals surface area contributed by atoms with E-state index >= 15 is 0 Å². The molecule has 2 aliphatic heterocycles. The van der Waals surface area contributed by atoms with Gasteiger partial charge in [0, 0.05) is 20.1 Å². The van der Waals surface area contributed by atoms with E-state index in [0.717, 1.165) is 0 Å². The Morgan fingerprint density at radius 2 is 1.96 bits per heavy atom. The normalized spacial score (nSPS) is 26.2. The van der Waals surface area contributed by atoms with Crippen LogP contribution in [0.25, 0.3) is 0 Å². The van der Waals surface area contributed by atoms with Crippen molar-refractivity contribution in [3.63, 3.8) is 0 Å². The van der Waals surface area contributed by atoms with E-state index in [2.05, 4.69) is 26.1 Å². The molecule has 0 aromatic heterocycles. The number of carboxylic acids is 1. The Labute approximate surface area is 148 Å². The van der Waals surface area contributed by atoms with Gasteiger partial charge in [-0.25, -0.2) is 14.4 Å². The first kappa shape index (κ1) is 19.3. The Hall–Kier alpha value is -1.99. The van der Waals surface area contributed by atoms with Gasteiger partial charge in [0.1, 0.15) is 6.04 Å². The summed E-state index contributed by atoms with van der Waals surface area (Å²) in [5.41, 5.74) is 0.0286. The highest BCUT2D eigenvalue weighted by Gasteiger charge is 2.50. The maximum absolute atomic E-state index is 12.6. The van der Waals surface area contributed by atoms with Crippen LogP contribution in [-0.2, 0) is 9.53 Å². The van der Waals surface area contributed by atoms with E-state index in [1.807, 2.05) is 0 Å². The average Bonchev–Trinajstić information content (AvgIpc) is 2.91. The van der Waals surface area contributed by atoms with E-state index in [9.17, 15) is 19.5 Å². The van der Waals surface area contributed by atoms with E-state index < -0.39 is 18.1 Å². The van der Waals surface area contributed by atoms with Gasteiger partial charge in [-0.2, -0.15) is 0 Å². The molecule has 2 rings (SSSR count). The van der Waals surface area contributed by atoms with Gasteiger partial charge in [0.15, 0.2) is 0 Å². The number of ether oxygens (including phenoxy) is 1.